The Morgan fingerprint density at radius 2 is 1.82 bits per heavy atom. The maximum atomic E-state index is 11.5. The van der Waals surface area contributed by atoms with Crippen molar-refractivity contribution < 1.29 is 42.7 Å². The van der Waals surface area contributed by atoms with Gasteiger partial charge in [0.1, 0.15) is 12.8 Å². The summed E-state index contributed by atoms with van der Waals surface area (Å²) >= 11 is 0. The van der Waals surface area contributed by atoms with Crippen LogP contribution < -0.4 is 5.73 Å². The van der Waals surface area contributed by atoms with E-state index in [1.807, 2.05) is 0 Å². The minimum absolute atomic E-state index is 0.142. The highest BCUT2D eigenvalue weighted by Crippen LogP contribution is 2.43. The molecule has 0 bridgehead atoms. The first-order chi connectivity index (χ1) is 10.2. The number of esters is 2. The number of ether oxygens (including phenoxy) is 2. The van der Waals surface area contributed by atoms with Crippen molar-refractivity contribution in [1.82, 2.24) is 0 Å². The molecule has 0 rings (SSSR count). The fourth-order valence-electron chi connectivity index (χ4n) is 1.16. The maximum Gasteiger partial charge on any atom is 0.472 e. The van der Waals surface area contributed by atoms with Crippen molar-refractivity contribution in [2.75, 3.05) is 19.8 Å². The Hall–Kier alpha value is -1.03. The van der Waals surface area contributed by atoms with E-state index in [9.17, 15) is 19.0 Å². The van der Waals surface area contributed by atoms with E-state index in [1.54, 1.807) is 6.92 Å². The molecule has 1 unspecified atom stereocenters. The predicted octanol–water partition coefficient (Wildman–Crippen LogP) is -0.328. The smallest absolute Gasteiger partial charge is 0.462 e. The third-order valence-corrected chi connectivity index (χ3v) is 3.01. The number of nitrogens with two attached hydrogens (primary N) is 1. The van der Waals surface area contributed by atoms with Crippen molar-refractivity contribution in [2.45, 2.75) is 39.0 Å². The highest BCUT2D eigenvalue weighted by molar-refractivity contribution is 7.47. The first kappa shape index (κ1) is 21.0. The summed E-state index contributed by atoms with van der Waals surface area (Å²) in [6, 6.07) is 0. The average molecular weight is 343 g/mol. The minimum atomic E-state index is -4.48. The van der Waals surface area contributed by atoms with Gasteiger partial charge in [-0.2, -0.15) is 0 Å². The zero-order chi connectivity index (χ0) is 17.2. The summed E-state index contributed by atoms with van der Waals surface area (Å²) < 4.78 is 30.1. The van der Waals surface area contributed by atoms with Gasteiger partial charge in [0.25, 0.3) is 0 Å². The Bertz CT molecular complexity index is 401. The van der Waals surface area contributed by atoms with E-state index in [0.29, 0.717) is 6.42 Å². The van der Waals surface area contributed by atoms with Gasteiger partial charge in [-0.15, -0.1) is 0 Å². The number of hydrogen-bond acceptors (Lipinski definition) is 9. The molecule has 130 valence electrons. The second kappa shape index (κ2) is 10.7. The van der Waals surface area contributed by atoms with Crippen LogP contribution in [0.5, 0.6) is 0 Å². The lowest BCUT2D eigenvalue weighted by atomic mass is 10.3. The third-order valence-electron chi connectivity index (χ3n) is 2.06. The van der Waals surface area contributed by atoms with E-state index < -0.39 is 45.3 Å². The van der Waals surface area contributed by atoms with Crippen molar-refractivity contribution in [3.63, 3.8) is 0 Å². The first-order valence-corrected chi connectivity index (χ1v) is 8.04. The molecule has 0 heterocycles. The van der Waals surface area contributed by atoms with Crippen LogP contribution in [0.25, 0.3) is 0 Å². The van der Waals surface area contributed by atoms with Crippen LogP contribution in [0.4, 0.5) is 0 Å². The van der Waals surface area contributed by atoms with Crippen LogP contribution >= 0.6 is 7.82 Å². The molecular weight excluding hydrogens is 321 g/mol. The van der Waals surface area contributed by atoms with E-state index in [2.05, 4.69) is 13.8 Å². The van der Waals surface area contributed by atoms with Gasteiger partial charge in [0, 0.05) is 13.3 Å². The number of phosphoric ester groups is 1. The Morgan fingerprint density at radius 1 is 1.23 bits per heavy atom. The van der Waals surface area contributed by atoms with Gasteiger partial charge in [-0.1, -0.05) is 6.92 Å². The molecule has 0 spiro atoms. The van der Waals surface area contributed by atoms with Gasteiger partial charge in [-0.3, -0.25) is 18.6 Å². The molecule has 0 radical (unpaired) electrons. The lowest BCUT2D eigenvalue weighted by Gasteiger charge is -2.19. The second-order valence-electron chi connectivity index (χ2n) is 4.29. The van der Waals surface area contributed by atoms with E-state index in [1.165, 1.54) is 0 Å². The summed E-state index contributed by atoms with van der Waals surface area (Å²) in [7, 11) is -4.48. The topological polar surface area (TPSA) is 155 Å². The molecule has 0 aromatic heterocycles. The number of phosphoric acid groups is 1. The molecule has 3 atom stereocenters. The van der Waals surface area contributed by atoms with Gasteiger partial charge in [0.2, 0.25) is 0 Å². The average Bonchev–Trinajstić information content (AvgIpc) is 2.40. The molecule has 4 N–H and O–H groups in total. The van der Waals surface area contributed by atoms with Crippen molar-refractivity contribution in [1.29, 1.82) is 0 Å². The van der Waals surface area contributed by atoms with E-state index in [0.717, 1.165) is 6.92 Å². The monoisotopic (exact) mass is 343 g/mol. The molecule has 0 aromatic carbocycles. The third kappa shape index (κ3) is 11.6. The highest BCUT2D eigenvalue weighted by atomic mass is 31.2. The Labute approximate surface area is 128 Å². The van der Waals surface area contributed by atoms with Crippen molar-refractivity contribution >= 4 is 19.8 Å². The molecule has 0 aromatic rings. The molecule has 0 fully saturated rings. The Kier molecular flexibility index (Phi) is 10.2. The van der Waals surface area contributed by atoms with Crippen LogP contribution in [0.15, 0.2) is 0 Å². The summed E-state index contributed by atoms with van der Waals surface area (Å²) in [5.41, 5.74) is 4.95. The molecule has 0 aliphatic carbocycles. The predicted molar refractivity (Wildman–Crippen MR) is 73.3 cm³/mol. The van der Waals surface area contributed by atoms with Crippen molar-refractivity contribution in [3.8, 4) is 0 Å². The number of aliphatic hydroxyl groups is 1. The summed E-state index contributed by atoms with van der Waals surface area (Å²) in [4.78, 5) is 31.5. The fourth-order valence-corrected chi connectivity index (χ4v) is 1.93. The molecule has 0 amide bonds. The molecule has 0 aliphatic rings. The zero-order valence-electron chi connectivity index (χ0n) is 12.5. The summed E-state index contributed by atoms with van der Waals surface area (Å²) in [5, 5.41) is 8.75. The lowest BCUT2D eigenvalue weighted by molar-refractivity contribution is -0.160. The van der Waals surface area contributed by atoms with E-state index in [4.69, 9.17) is 15.6 Å². The number of hydrogen-bond donors (Lipinski definition) is 3. The number of rotatable bonds is 11. The number of aliphatic hydroxyl groups excluding tert-OH is 1. The van der Waals surface area contributed by atoms with Crippen LogP contribution in [0, 0.1) is 0 Å². The van der Waals surface area contributed by atoms with Crippen LogP contribution in [-0.4, -0.2) is 54.1 Å². The van der Waals surface area contributed by atoms with Crippen molar-refractivity contribution in [2.24, 2.45) is 5.73 Å². The summed E-state index contributed by atoms with van der Waals surface area (Å²) in [6.07, 6.45) is -1.81. The molecular formula is C11H22NO9P. The van der Waals surface area contributed by atoms with Gasteiger partial charge in [0.05, 0.1) is 13.2 Å². The van der Waals surface area contributed by atoms with Crippen molar-refractivity contribution in [3.05, 3.63) is 0 Å². The van der Waals surface area contributed by atoms with E-state index >= 15 is 0 Å². The van der Waals surface area contributed by atoms with E-state index in [-0.39, 0.29) is 13.0 Å². The van der Waals surface area contributed by atoms with Crippen LogP contribution in [-0.2, 0) is 32.7 Å². The van der Waals surface area contributed by atoms with Gasteiger partial charge >= 0.3 is 19.8 Å². The Morgan fingerprint density at radius 3 is 2.32 bits per heavy atom. The zero-order valence-corrected chi connectivity index (χ0v) is 13.4. The highest BCUT2D eigenvalue weighted by Gasteiger charge is 2.26. The largest absolute Gasteiger partial charge is 0.472 e. The first-order valence-electron chi connectivity index (χ1n) is 6.54. The number of carbonyl (C=O) groups is 2. The SMILES string of the molecule is CCCC(=O)O[C@H](COC(C)=O)COP(=O)(O)OC[C@@H](N)O. The van der Waals surface area contributed by atoms with Crippen LogP contribution in [0.1, 0.15) is 26.7 Å². The minimum Gasteiger partial charge on any atom is -0.462 e. The fraction of sp³-hybridized carbons (Fsp3) is 0.818. The lowest BCUT2D eigenvalue weighted by Crippen LogP contribution is -2.29. The molecule has 10 nitrogen and oxygen atoms in total. The summed E-state index contributed by atoms with van der Waals surface area (Å²) in [6.45, 7) is 1.46. The van der Waals surface area contributed by atoms with Gasteiger partial charge in [-0.25, -0.2) is 4.57 Å². The molecule has 11 heteroatoms. The molecule has 0 saturated carbocycles. The Balaban J connectivity index is 4.45. The van der Waals surface area contributed by atoms with Crippen LogP contribution in [0.2, 0.25) is 0 Å². The maximum absolute atomic E-state index is 11.5. The van der Waals surface area contributed by atoms with Gasteiger partial charge < -0.3 is 25.2 Å². The molecule has 0 aliphatic heterocycles. The van der Waals surface area contributed by atoms with Crippen LogP contribution in [0.3, 0.4) is 0 Å². The standard InChI is InChI=1S/C11H22NO9P/c1-3-4-11(15)21-9(5-18-8(2)13)6-19-22(16,17)20-7-10(12)14/h9-10,14H,3-7,12H2,1-2H3,(H,16,17)/t9-,10+/m1/s1. The second-order valence-corrected chi connectivity index (χ2v) is 5.75. The molecule has 0 saturated heterocycles. The van der Waals surface area contributed by atoms with Gasteiger partial charge in [-0.05, 0) is 6.42 Å². The van der Waals surface area contributed by atoms with Gasteiger partial charge in [0.15, 0.2) is 6.10 Å². The molecule has 22 heavy (non-hydrogen) atoms. The summed E-state index contributed by atoms with van der Waals surface area (Å²) in [5.74, 6) is -1.17. The normalized spacial score (nSPS) is 16.4. The number of carbonyl (C=O) groups excluding carboxylic acids is 2. The quantitative estimate of drug-likeness (QED) is 0.258.